The lowest BCUT2D eigenvalue weighted by atomic mass is 10.0. The number of rotatable bonds is 5. The highest BCUT2D eigenvalue weighted by Crippen LogP contribution is 2.05. The molecule has 4 nitrogen and oxygen atoms in total. The van der Waals surface area contributed by atoms with E-state index in [4.69, 9.17) is 0 Å². The molecule has 0 aromatic heterocycles. The fraction of sp³-hybridized carbons (Fsp3) is 0.125. The van der Waals surface area contributed by atoms with Gasteiger partial charge in [-0.05, 0) is 12.1 Å². The molecule has 2 aromatic rings. The zero-order valence-corrected chi connectivity index (χ0v) is 10.8. The normalized spacial score (nSPS) is 11.7. The number of aliphatic hydroxyl groups excluding tert-OH is 1. The van der Waals surface area contributed by atoms with Crippen molar-refractivity contribution in [2.24, 2.45) is 0 Å². The van der Waals surface area contributed by atoms with Crippen LogP contribution in [-0.2, 0) is 0 Å². The monoisotopic (exact) mass is 269 g/mol. The molecule has 0 aliphatic carbocycles. The largest absolute Gasteiger partial charge is 0.394 e. The number of carbonyl (C=O) groups is 2. The van der Waals surface area contributed by atoms with Gasteiger partial charge in [-0.3, -0.25) is 9.59 Å². The highest BCUT2D eigenvalue weighted by molar-refractivity contribution is 6.04. The summed E-state index contributed by atoms with van der Waals surface area (Å²) in [4.78, 5) is 24.1. The highest BCUT2D eigenvalue weighted by atomic mass is 16.3. The Bertz CT molecular complexity index is 581. The fourth-order valence-electron chi connectivity index (χ4n) is 1.83. The SMILES string of the molecule is O=C(NC(CO)C(=O)c1ccccc1)c1ccccc1. The van der Waals surface area contributed by atoms with E-state index in [-0.39, 0.29) is 11.7 Å². The molecule has 2 N–H and O–H groups in total. The summed E-state index contributed by atoms with van der Waals surface area (Å²) in [5.41, 5.74) is 0.909. The first-order chi connectivity index (χ1) is 9.72. The van der Waals surface area contributed by atoms with Crippen molar-refractivity contribution < 1.29 is 14.7 Å². The number of benzene rings is 2. The van der Waals surface area contributed by atoms with Crippen molar-refractivity contribution in [1.82, 2.24) is 5.32 Å². The molecule has 0 heterocycles. The van der Waals surface area contributed by atoms with Crippen LogP contribution >= 0.6 is 0 Å². The Kier molecular flexibility index (Phi) is 4.63. The van der Waals surface area contributed by atoms with Crippen molar-refractivity contribution in [2.75, 3.05) is 6.61 Å². The summed E-state index contributed by atoms with van der Waals surface area (Å²) in [5, 5.41) is 11.9. The van der Waals surface area contributed by atoms with E-state index in [9.17, 15) is 14.7 Å². The standard InChI is InChI=1S/C16H15NO3/c18-11-14(15(19)12-7-3-1-4-8-12)17-16(20)13-9-5-2-6-10-13/h1-10,14,18H,11H2,(H,17,20). The minimum absolute atomic E-state index is 0.308. The maximum absolute atomic E-state index is 12.2. The van der Waals surface area contributed by atoms with Crippen molar-refractivity contribution in [3.05, 3.63) is 71.8 Å². The minimum Gasteiger partial charge on any atom is -0.394 e. The molecule has 0 fully saturated rings. The smallest absolute Gasteiger partial charge is 0.251 e. The van der Waals surface area contributed by atoms with Crippen LogP contribution in [0.4, 0.5) is 0 Å². The highest BCUT2D eigenvalue weighted by Gasteiger charge is 2.21. The van der Waals surface area contributed by atoms with Crippen LogP contribution in [0.3, 0.4) is 0 Å². The Morgan fingerprint density at radius 3 is 1.90 bits per heavy atom. The van der Waals surface area contributed by atoms with Crippen LogP contribution in [0.25, 0.3) is 0 Å². The fourth-order valence-corrected chi connectivity index (χ4v) is 1.83. The van der Waals surface area contributed by atoms with Gasteiger partial charge in [0, 0.05) is 11.1 Å². The maximum atomic E-state index is 12.2. The average molecular weight is 269 g/mol. The van der Waals surface area contributed by atoms with Crippen molar-refractivity contribution in [2.45, 2.75) is 6.04 Å². The molecule has 0 spiro atoms. The Morgan fingerprint density at radius 1 is 0.900 bits per heavy atom. The van der Waals surface area contributed by atoms with Crippen LogP contribution in [0.2, 0.25) is 0 Å². The quantitative estimate of drug-likeness (QED) is 0.811. The van der Waals surface area contributed by atoms with E-state index in [2.05, 4.69) is 5.32 Å². The first-order valence-corrected chi connectivity index (χ1v) is 6.28. The molecule has 2 aromatic carbocycles. The summed E-state index contributed by atoms with van der Waals surface area (Å²) in [5.74, 6) is -0.689. The number of ketones is 1. The Balaban J connectivity index is 2.10. The van der Waals surface area contributed by atoms with Gasteiger partial charge in [0.2, 0.25) is 0 Å². The molecule has 102 valence electrons. The van der Waals surface area contributed by atoms with Gasteiger partial charge in [-0.25, -0.2) is 0 Å². The Morgan fingerprint density at radius 2 is 1.40 bits per heavy atom. The molecule has 0 aliphatic rings. The predicted octanol–water partition coefficient (Wildman–Crippen LogP) is 1.66. The minimum atomic E-state index is -0.940. The van der Waals surface area contributed by atoms with Gasteiger partial charge < -0.3 is 10.4 Å². The molecular weight excluding hydrogens is 254 g/mol. The Hall–Kier alpha value is -2.46. The zero-order chi connectivity index (χ0) is 14.4. The van der Waals surface area contributed by atoms with Crippen molar-refractivity contribution in [1.29, 1.82) is 0 Å². The van der Waals surface area contributed by atoms with E-state index in [0.717, 1.165) is 0 Å². The second-order valence-electron chi connectivity index (χ2n) is 4.30. The molecule has 0 aliphatic heterocycles. The molecule has 20 heavy (non-hydrogen) atoms. The zero-order valence-electron chi connectivity index (χ0n) is 10.8. The first kappa shape index (κ1) is 14.0. The molecule has 2 rings (SSSR count). The maximum Gasteiger partial charge on any atom is 0.251 e. The molecule has 0 radical (unpaired) electrons. The number of Topliss-reactive ketones (excluding diaryl/α,β-unsaturated/α-hetero) is 1. The summed E-state index contributed by atoms with van der Waals surface area (Å²) >= 11 is 0. The third-order valence-corrected chi connectivity index (χ3v) is 2.90. The summed E-state index contributed by atoms with van der Waals surface area (Å²) in [6.07, 6.45) is 0. The Labute approximate surface area is 117 Å². The molecule has 1 amide bonds. The number of hydrogen-bond donors (Lipinski definition) is 2. The topological polar surface area (TPSA) is 66.4 Å². The second-order valence-corrected chi connectivity index (χ2v) is 4.30. The van der Waals surface area contributed by atoms with Gasteiger partial charge in [0.15, 0.2) is 5.78 Å². The van der Waals surface area contributed by atoms with Crippen LogP contribution in [0.15, 0.2) is 60.7 Å². The van der Waals surface area contributed by atoms with Crippen LogP contribution in [0.1, 0.15) is 20.7 Å². The van der Waals surface area contributed by atoms with Crippen LogP contribution < -0.4 is 5.32 Å². The van der Waals surface area contributed by atoms with Crippen LogP contribution in [-0.4, -0.2) is 29.4 Å². The lowest BCUT2D eigenvalue weighted by molar-refractivity contribution is 0.0813. The lowest BCUT2D eigenvalue weighted by Gasteiger charge is -2.15. The number of aliphatic hydroxyl groups is 1. The molecule has 1 unspecified atom stereocenters. The van der Waals surface area contributed by atoms with E-state index in [1.807, 2.05) is 0 Å². The van der Waals surface area contributed by atoms with E-state index in [1.54, 1.807) is 60.7 Å². The van der Waals surface area contributed by atoms with Gasteiger partial charge in [0.25, 0.3) is 5.91 Å². The number of amides is 1. The molecule has 0 saturated heterocycles. The van der Waals surface area contributed by atoms with Gasteiger partial charge in [-0.2, -0.15) is 0 Å². The van der Waals surface area contributed by atoms with Crippen molar-refractivity contribution in [3.8, 4) is 0 Å². The number of nitrogens with one attached hydrogen (secondary N) is 1. The van der Waals surface area contributed by atoms with E-state index >= 15 is 0 Å². The van der Waals surface area contributed by atoms with Crippen LogP contribution in [0, 0.1) is 0 Å². The lowest BCUT2D eigenvalue weighted by Crippen LogP contribution is -2.43. The summed E-state index contributed by atoms with van der Waals surface area (Å²) in [7, 11) is 0. The first-order valence-electron chi connectivity index (χ1n) is 6.28. The number of hydrogen-bond acceptors (Lipinski definition) is 3. The van der Waals surface area contributed by atoms with E-state index in [0.29, 0.717) is 11.1 Å². The van der Waals surface area contributed by atoms with Gasteiger partial charge in [-0.1, -0.05) is 48.5 Å². The number of carbonyl (C=O) groups excluding carboxylic acids is 2. The second kappa shape index (κ2) is 6.63. The van der Waals surface area contributed by atoms with Crippen molar-refractivity contribution in [3.63, 3.8) is 0 Å². The molecule has 4 heteroatoms. The van der Waals surface area contributed by atoms with E-state index in [1.165, 1.54) is 0 Å². The van der Waals surface area contributed by atoms with Gasteiger partial charge in [0.1, 0.15) is 6.04 Å². The summed E-state index contributed by atoms with van der Waals surface area (Å²) in [6.45, 7) is -0.438. The summed E-state index contributed by atoms with van der Waals surface area (Å²) < 4.78 is 0. The van der Waals surface area contributed by atoms with Gasteiger partial charge in [-0.15, -0.1) is 0 Å². The molecule has 0 bridgehead atoms. The predicted molar refractivity (Wildman–Crippen MR) is 75.6 cm³/mol. The third-order valence-electron chi connectivity index (χ3n) is 2.90. The molecule has 0 saturated carbocycles. The molecular formula is C16H15NO3. The summed E-state index contributed by atoms with van der Waals surface area (Å²) in [6, 6.07) is 16.2. The van der Waals surface area contributed by atoms with Gasteiger partial charge >= 0.3 is 0 Å². The molecule has 1 atom stereocenters. The van der Waals surface area contributed by atoms with Crippen LogP contribution in [0.5, 0.6) is 0 Å². The van der Waals surface area contributed by atoms with Crippen molar-refractivity contribution >= 4 is 11.7 Å². The van der Waals surface area contributed by atoms with E-state index < -0.39 is 12.6 Å². The third kappa shape index (κ3) is 3.30. The van der Waals surface area contributed by atoms with Gasteiger partial charge in [0.05, 0.1) is 6.61 Å². The average Bonchev–Trinajstić information content (AvgIpc) is 2.53.